The van der Waals surface area contributed by atoms with Gasteiger partial charge in [-0.3, -0.25) is 0 Å². The van der Waals surface area contributed by atoms with Gasteiger partial charge in [0.2, 0.25) is 0 Å². The van der Waals surface area contributed by atoms with Crippen LogP contribution in [-0.4, -0.2) is 0 Å². The third-order valence-corrected chi connectivity index (χ3v) is 2.79. The van der Waals surface area contributed by atoms with Gasteiger partial charge in [0.05, 0.1) is 0 Å². The predicted octanol–water partition coefficient (Wildman–Crippen LogP) is 4.09. The number of rotatable bonds is 2. The summed E-state index contributed by atoms with van der Waals surface area (Å²) in [6.45, 7) is 7.70. The van der Waals surface area contributed by atoms with Crippen LogP contribution in [0.1, 0.15) is 18.6 Å². The minimum absolute atomic E-state index is 0. The Labute approximate surface area is 92.6 Å². The summed E-state index contributed by atoms with van der Waals surface area (Å²) >= 11 is 0. The van der Waals surface area contributed by atoms with Gasteiger partial charge in [0.25, 0.3) is 0 Å². The van der Waals surface area contributed by atoms with Crippen LogP contribution in [0.15, 0.2) is 60.7 Å². The molecular formula is C15H18. The second-order valence-electron chi connectivity index (χ2n) is 3.58. The molecule has 2 rings (SSSR count). The first kappa shape index (κ1) is 11.5. The van der Waals surface area contributed by atoms with Crippen molar-refractivity contribution in [3.05, 3.63) is 71.8 Å². The molecule has 0 spiro atoms. The Hall–Kier alpha value is -1.56. The lowest BCUT2D eigenvalue weighted by molar-refractivity contribution is 1.01. The Morgan fingerprint density at radius 3 is 1.60 bits per heavy atom. The molecule has 1 aliphatic rings. The summed E-state index contributed by atoms with van der Waals surface area (Å²) in [7, 11) is 0. The number of allylic oxidation sites excluding steroid dienone is 4. The van der Waals surface area contributed by atoms with E-state index in [0.717, 1.165) is 12.8 Å². The average Bonchev–Trinajstić information content (AvgIpc) is 2.27. The van der Waals surface area contributed by atoms with Gasteiger partial charge < -0.3 is 0 Å². The molecule has 1 aromatic carbocycles. The summed E-state index contributed by atoms with van der Waals surface area (Å²) in [6, 6.07) is 8.58. The molecule has 15 heavy (non-hydrogen) atoms. The molecule has 0 saturated heterocycles. The van der Waals surface area contributed by atoms with E-state index in [1.807, 2.05) is 12.2 Å². The Morgan fingerprint density at radius 2 is 1.27 bits per heavy atom. The van der Waals surface area contributed by atoms with Gasteiger partial charge >= 0.3 is 0 Å². The largest absolute Gasteiger partial charge is 0.0988 e. The minimum Gasteiger partial charge on any atom is -0.0988 e. The zero-order valence-corrected chi connectivity index (χ0v) is 8.29. The smallest absolute Gasteiger partial charge is 0.00203 e. The molecule has 0 amide bonds. The lowest BCUT2D eigenvalue weighted by Crippen LogP contribution is -2.06. The summed E-state index contributed by atoms with van der Waals surface area (Å²) in [5.41, 5.74) is 5.48. The third kappa shape index (κ3) is 2.10. The zero-order chi connectivity index (χ0) is 9.97. The van der Waals surface area contributed by atoms with E-state index in [0.29, 0.717) is 0 Å². The van der Waals surface area contributed by atoms with Crippen LogP contribution in [0.3, 0.4) is 0 Å². The molecule has 0 unspecified atom stereocenters. The summed E-state index contributed by atoms with van der Waals surface area (Å²) in [6.07, 6.45) is 5.90. The van der Waals surface area contributed by atoms with Crippen molar-refractivity contribution in [3.63, 3.8) is 0 Å². The van der Waals surface area contributed by atoms with Crippen LogP contribution < -0.4 is 0 Å². The molecular weight excluding hydrogens is 180 g/mol. The van der Waals surface area contributed by atoms with E-state index in [2.05, 4.69) is 37.4 Å². The van der Waals surface area contributed by atoms with Crippen LogP contribution in [0, 0.1) is 0 Å². The fourth-order valence-corrected chi connectivity index (χ4v) is 1.95. The molecule has 0 heterocycles. The second kappa shape index (κ2) is 4.79. The maximum Gasteiger partial charge on any atom is -0.00203 e. The van der Waals surface area contributed by atoms with Crippen LogP contribution in [-0.2, 0) is 12.8 Å². The van der Waals surface area contributed by atoms with Crippen molar-refractivity contribution in [2.75, 3.05) is 0 Å². The molecule has 0 heteroatoms. The first-order valence-electron chi connectivity index (χ1n) is 4.89. The Balaban J connectivity index is 0.00000112. The molecule has 0 aromatic heterocycles. The van der Waals surface area contributed by atoms with Gasteiger partial charge in [-0.25, -0.2) is 0 Å². The third-order valence-electron chi connectivity index (χ3n) is 2.79. The molecule has 1 aliphatic carbocycles. The molecule has 0 saturated carbocycles. The molecule has 0 N–H and O–H groups in total. The quantitative estimate of drug-likeness (QED) is 0.671. The summed E-state index contributed by atoms with van der Waals surface area (Å²) in [5, 5.41) is 0. The van der Waals surface area contributed by atoms with Gasteiger partial charge in [-0.1, -0.05) is 57.0 Å². The highest BCUT2D eigenvalue weighted by molar-refractivity contribution is 5.46. The van der Waals surface area contributed by atoms with Crippen LogP contribution in [0.25, 0.3) is 0 Å². The minimum atomic E-state index is 0. The highest BCUT2D eigenvalue weighted by Gasteiger charge is 2.13. The number of hydrogen-bond acceptors (Lipinski definition) is 0. The van der Waals surface area contributed by atoms with Crippen molar-refractivity contribution >= 4 is 0 Å². The van der Waals surface area contributed by atoms with Crippen molar-refractivity contribution < 1.29 is 0 Å². The van der Waals surface area contributed by atoms with E-state index in [9.17, 15) is 0 Å². The lowest BCUT2D eigenvalue weighted by Gasteiger charge is -2.19. The fourth-order valence-electron chi connectivity index (χ4n) is 1.95. The van der Waals surface area contributed by atoms with Gasteiger partial charge in [0.1, 0.15) is 0 Å². The van der Waals surface area contributed by atoms with Crippen LogP contribution in [0.4, 0.5) is 0 Å². The highest BCUT2D eigenvalue weighted by atomic mass is 14.2. The number of hydrogen-bond donors (Lipinski definition) is 0. The SMILES string of the molecule is C.C=CC1=C(C=C)Cc2ccccc2C1. The van der Waals surface area contributed by atoms with E-state index in [-0.39, 0.29) is 7.43 Å². The molecule has 0 fully saturated rings. The van der Waals surface area contributed by atoms with Crippen LogP contribution in [0.2, 0.25) is 0 Å². The Morgan fingerprint density at radius 1 is 0.867 bits per heavy atom. The molecule has 0 nitrogen and oxygen atoms in total. The second-order valence-corrected chi connectivity index (χ2v) is 3.58. The first-order valence-corrected chi connectivity index (χ1v) is 4.89. The van der Waals surface area contributed by atoms with Crippen LogP contribution in [0.5, 0.6) is 0 Å². The van der Waals surface area contributed by atoms with Crippen LogP contribution >= 0.6 is 0 Å². The van der Waals surface area contributed by atoms with E-state index in [1.54, 1.807) is 0 Å². The normalized spacial score (nSPS) is 13.9. The topological polar surface area (TPSA) is 0 Å². The van der Waals surface area contributed by atoms with Gasteiger partial charge in [-0.15, -0.1) is 0 Å². The standard InChI is InChI=1S/C14H14.CH4/c1-3-11-9-13-7-5-6-8-14(13)10-12(11)4-2;/h3-8H,1-2,9-10H2;1H4. The Kier molecular flexibility index (Phi) is 3.68. The molecule has 1 aromatic rings. The predicted molar refractivity (Wildman–Crippen MR) is 68.0 cm³/mol. The average molecular weight is 198 g/mol. The first-order chi connectivity index (χ1) is 6.85. The fraction of sp³-hybridized carbons (Fsp3) is 0.200. The summed E-state index contributed by atoms with van der Waals surface area (Å²) in [4.78, 5) is 0. The van der Waals surface area contributed by atoms with Crippen molar-refractivity contribution in [2.24, 2.45) is 0 Å². The van der Waals surface area contributed by atoms with Gasteiger partial charge in [-0.05, 0) is 35.1 Å². The van der Waals surface area contributed by atoms with Gasteiger partial charge in [0.15, 0.2) is 0 Å². The van der Waals surface area contributed by atoms with E-state index >= 15 is 0 Å². The molecule has 0 radical (unpaired) electrons. The molecule has 0 aliphatic heterocycles. The highest BCUT2D eigenvalue weighted by Crippen LogP contribution is 2.26. The van der Waals surface area contributed by atoms with E-state index < -0.39 is 0 Å². The van der Waals surface area contributed by atoms with E-state index in [4.69, 9.17) is 0 Å². The number of fused-ring (bicyclic) bond motifs is 1. The van der Waals surface area contributed by atoms with Crippen molar-refractivity contribution in [1.29, 1.82) is 0 Å². The number of benzene rings is 1. The van der Waals surface area contributed by atoms with Crippen molar-refractivity contribution in [2.45, 2.75) is 20.3 Å². The Bertz CT molecular complexity index is 369. The molecule has 0 atom stereocenters. The lowest BCUT2D eigenvalue weighted by atomic mass is 9.86. The van der Waals surface area contributed by atoms with Crippen molar-refractivity contribution in [1.82, 2.24) is 0 Å². The maximum atomic E-state index is 3.85. The van der Waals surface area contributed by atoms with Gasteiger partial charge in [-0.2, -0.15) is 0 Å². The zero-order valence-electron chi connectivity index (χ0n) is 8.29. The van der Waals surface area contributed by atoms with E-state index in [1.165, 1.54) is 22.3 Å². The summed E-state index contributed by atoms with van der Waals surface area (Å²) < 4.78 is 0. The van der Waals surface area contributed by atoms with Gasteiger partial charge in [0, 0.05) is 0 Å². The maximum absolute atomic E-state index is 3.85. The molecule has 0 bridgehead atoms. The van der Waals surface area contributed by atoms with Crippen molar-refractivity contribution in [3.8, 4) is 0 Å². The summed E-state index contributed by atoms with van der Waals surface area (Å²) in [5.74, 6) is 0. The molecule has 78 valence electrons. The monoisotopic (exact) mass is 198 g/mol.